The molecule has 1 saturated carbocycles. The van der Waals surface area contributed by atoms with Gasteiger partial charge in [0.2, 0.25) is 0 Å². The number of ether oxygens (including phenoxy) is 1. The van der Waals surface area contributed by atoms with Gasteiger partial charge < -0.3 is 25.2 Å². The first-order valence-corrected chi connectivity index (χ1v) is 10.5. The highest BCUT2D eigenvalue weighted by Crippen LogP contribution is 2.38. The number of allylic oxidation sites excluding steroid dienone is 2. The van der Waals surface area contributed by atoms with Crippen LogP contribution in [0, 0.1) is 11.8 Å². The highest BCUT2D eigenvalue weighted by molar-refractivity contribution is 6.30. The molecule has 162 valence electrons. The van der Waals surface area contributed by atoms with Crippen molar-refractivity contribution in [2.75, 3.05) is 6.61 Å². The quantitative estimate of drug-likeness (QED) is 0.301. The van der Waals surface area contributed by atoms with E-state index >= 15 is 0 Å². The van der Waals surface area contributed by atoms with Gasteiger partial charge in [-0.2, -0.15) is 0 Å². The summed E-state index contributed by atoms with van der Waals surface area (Å²) >= 11 is 5.91. The van der Waals surface area contributed by atoms with Crippen molar-refractivity contribution in [3.8, 4) is 5.75 Å². The molecule has 1 fully saturated rings. The number of benzene rings is 1. The van der Waals surface area contributed by atoms with Crippen LogP contribution in [0.25, 0.3) is 0 Å². The van der Waals surface area contributed by atoms with Crippen LogP contribution in [-0.2, 0) is 4.79 Å². The second-order valence-electron chi connectivity index (χ2n) is 7.69. The molecular weight excluding hydrogens is 396 g/mol. The van der Waals surface area contributed by atoms with E-state index in [4.69, 9.17) is 21.4 Å². The molecule has 0 aromatic heterocycles. The number of carboxylic acid groups (broad SMARTS) is 1. The van der Waals surface area contributed by atoms with Gasteiger partial charge in [-0.25, -0.2) is 0 Å². The monoisotopic (exact) mass is 426 g/mol. The third-order valence-electron chi connectivity index (χ3n) is 5.43. The molecule has 29 heavy (non-hydrogen) atoms. The maximum atomic E-state index is 10.5. The number of carbonyl (C=O) groups is 1. The van der Waals surface area contributed by atoms with E-state index in [1.807, 2.05) is 12.2 Å². The average Bonchev–Trinajstić information content (AvgIpc) is 2.93. The van der Waals surface area contributed by atoms with Crippen molar-refractivity contribution < 1.29 is 30.0 Å². The van der Waals surface area contributed by atoms with Crippen molar-refractivity contribution in [1.29, 1.82) is 0 Å². The summed E-state index contributed by atoms with van der Waals surface area (Å²) in [6.45, 7) is 0.139. The van der Waals surface area contributed by atoms with Gasteiger partial charge >= 0.3 is 5.97 Å². The number of hydrogen-bond donors (Lipinski definition) is 4. The molecular formula is C22H31ClO6. The summed E-state index contributed by atoms with van der Waals surface area (Å²) in [6, 6.07) is 6.98. The Morgan fingerprint density at radius 3 is 2.72 bits per heavy atom. The fraction of sp³-hybridized carbons (Fsp3) is 0.591. The van der Waals surface area contributed by atoms with Crippen LogP contribution < -0.4 is 4.74 Å². The van der Waals surface area contributed by atoms with Gasteiger partial charge in [0.15, 0.2) is 0 Å². The van der Waals surface area contributed by atoms with E-state index in [0.717, 1.165) is 0 Å². The van der Waals surface area contributed by atoms with Crippen molar-refractivity contribution in [3.05, 3.63) is 41.4 Å². The Balaban J connectivity index is 1.75. The predicted molar refractivity (Wildman–Crippen MR) is 111 cm³/mol. The van der Waals surface area contributed by atoms with Crippen molar-refractivity contribution >= 4 is 17.6 Å². The number of aliphatic carboxylic acids is 1. The third kappa shape index (κ3) is 8.34. The molecule has 6 nitrogen and oxygen atoms in total. The van der Waals surface area contributed by atoms with Crippen LogP contribution in [0.5, 0.6) is 5.75 Å². The molecule has 0 radical (unpaired) electrons. The van der Waals surface area contributed by atoms with Crippen LogP contribution in [0.4, 0.5) is 0 Å². The molecule has 1 aromatic carbocycles. The molecule has 1 aromatic rings. The molecule has 5 atom stereocenters. The molecule has 0 bridgehead atoms. The summed E-state index contributed by atoms with van der Waals surface area (Å²) in [4.78, 5) is 10.5. The largest absolute Gasteiger partial charge is 0.491 e. The van der Waals surface area contributed by atoms with Gasteiger partial charge in [-0.3, -0.25) is 4.79 Å². The first kappa shape index (κ1) is 23.7. The minimum Gasteiger partial charge on any atom is -0.491 e. The number of unbranched alkanes of at least 4 members (excludes halogenated alkanes) is 1. The molecule has 0 amide bonds. The fourth-order valence-corrected chi connectivity index (χ4v) is 4.05. The lowest BCUT2D eigenvalue weighted by molar-refractivity contribution is -0.137. The van der Waals surface area contributed by atoms with E-state index in [9.17, 15) is 20.1 Å². The van der Waals surface area contributed by atoms with Gasteiger partial charge in [0.25, 0.3) is 0 Å². The van der Waals surface area contributed by atoms with Crippen molar-refractivity contribution in [2.45, 2.75) is 63.3 Å². The molecule has 1 aliphatic rings. The van der Waals surface area contributed by atoms with Gasteiger partial charge in [-0.1, -0.05) is 29.8 Å². The van der Waals surface area contributed by atoms with E-state index in [1.54, 1.807) is 24.3 Å². The summed E-state index contributed by atoms with van der Waals surface area (Å²) in [5.41, 5.74) is 0. The molecule has 1 aliphatic carbocycles. The Kier molecular flexibility index (Phi) is 9.94. The first-order chi connectivity index (χ1) is 13.9. The number of hydrogen-bond acceptors (Lipinski definition) is 5. The number of halogens is 1. The van der Waals surface area contributed by atoms with E-state index in [-0.39, 0.29) is 24.9 Å². The summed E-state index contributed by atoms with van der Waals surface area (Å²) < 4.78 is 5.56. The minimum absolute atomic E-state index is 0.0678. The first-order valence-electron chi connectivity index (χ1n) is 10.2. The fourth-order valence-electron chi connectivity index (χ4n) is 3.87. The molecule has 0 spiro atoms. The van der Waals surface area contributed by atoms with Gasteiger partial charge in [0, 0.05) is 11.4 Å². The maximum absolute atomic E-state index is 10.5. The van der Waals surface area contributed by atoms with E-state index in [0.29, 0.717) is 49.3 Å². The van der Waals surface area contributed by atoms with Crippen LogP contribution in [0.15, 0.2) is 36.4 Å². The Morgan fingerprint density at radius 2 is 2.00 bits per heavy atom. The van der Waals surface area contributed by atoms with Crippen LogP contribution in [0.1, 0.15) is 44.9 Å². The third-order valence-corrected chi connectivity index (χ3v) is 5.66. The van der Waals surface area contributed by atoms with Gasteiger partial charge in [-0.05, 0) is 68.6 Å². The predicted octanol–water partition coefficient (Wildman–Crippen LogP) is 3.42. The SMILES string of the molecule is O=C(O)CCCC=CC[C@@H]1[C@@H](CC[C@H](O)COc2cccc(Cl)c2)[C@H](O)C[C@@H]1O. The average molecular weight is 427 g/mol. The Bertz CT molecular complexity index is 664. The van der Waals surface area contributed by atoms with Crippen LogP contribution in [0.2, 0.25) is 5.02 Å². The number of aliphatic hydroxyl groups excluding tert-OH is 3. The topological polar surface area (TPSA) is 107 Å². The van der Waals surface area contributed by atoms with E-state index in [2.05, 4.69) is 0 Å². The maximum Gasteiger partial charge on any atom is 0.303 e. The molecule has 0 saturated heterocycles. The zero-order valence-corrected chi connectivity index (χ0v) is 17.2. The molecule has 4 N–H and O–H groups in total. The Labute approximate surface area is 176 Å². The highest BCUT2D eigenvalue weighted by Gasteiger charge is 2.40. The second kappa shape index (κ2) is 12.2. The van der Waals surface area contributed by atoms with Crippen LogP contribution in [-0.4, -0.2) is 51.3 Å². The van der Waals surface area contributed by atoms with Crippen molar-refractivity contribution in [1.82, 2.24) is 0 Å². The van der Waals surface area contributed by atoms with Gasteiger partial charge in [-0.15, -0.1) is 0 Å². The number of aliphatic hydroxyl groups is 3. The summed E-state index contributed by atoms with van der Waals surface area (Å²) in [7, 11) is 0. The Morgan fingerprint density at radius 1 is 1.24 bits per heavy atom. The second-order valence-corrected chi connectivity index (χ2v) is 8.13. The van der Waals surface area contributed by atoms with Gasteiger partial charge in [0.1, 0.15) is 12.4 Å². The zero-order valence-electron chi connectivity index (χ0n) is 16.5. The zero-order chi connectivity index (χ0) is 21.2. The van der Waals surface area contributed by atoms with E-state index < -0.39 is 24.3 Å². The van der Waals surface area contributed by atoms with Gasteiger partial charge in [0.05, 0.1) is 18.3 Å². The lowest BCUT2D eigenvalue weighted by atomic mass is 9.86. The highest BCUT2D eigenvalue weighted by atomic mass is 35.5. The summed E-state index contributed by atoms with van der Waals surface area (Å²) in [6.07, 6.45) is 5.51. The lowest BCUT2D eigenvalue weighted by Crippen LogP contribution is -2.25. The normalized spacial score (nSPS) is 25.4. The molecule has 0 aliphatic heterocycles. The smallest absolute Gasteiger partial charge is 0.303 e. The Hall–Kier alpha value is -1.60. The standard InChI is InChI=1S/C22H31ClO6/c23-15-6-5-7-17(12-15)29-14-16(24)10-11-19-18(20(25)13-21(19)26)8-3-1-2-4-9-22(27)28/h1,3,5-7,12,16,18-21,24-26H,2,4,8-11,13-14H2,(H,27,28)/t16-,18+,19+,20-,21+/m0/s1. The summed E-state index contributed by atoms with van der Waals surface area (Å²) in [5, 5.41) is 40.0. The van der Waals surface area contributed by atoms with E-state index in [1.165, 1.54) is 0 Å². The molecule has 0 heterocycles. The van der Waals surface area contributed by atoms with Crippen LogP contribution >= 0.6 is 11.6 Å². The lowest BCUT2D eigenvalue weighted by Gasteiger charge is -2.23. The van der Waals surface area contributed by atoms with Crippen LogP contribution in [0.3, 0.4) is 0 Å². The molecule has 7 heteroatoms. The molecule has 0 unspecified atom stereocenters. The number of carboxylic acids is 1. The molecule has 2 rings (SSSR count). The van der Waals surface area contributed by atoms with Crippen molar-refractivity contribution in [2.24, 2.45) is 11.8 Å². The minimum atomic E-state index is -0.800. The number of rotatable bonds is 12. The van der Waals surface area contributed by atoms with Crippen molar-refractivity contribution in [3.63, 3.8) is 0 Å². The summed E-state index contributed by atoms with van der Waals surface area (Å²) in [5.74, 6) is -0.360.